The second kappa shape index (κ2) is 5.89. The molecule has 1 aromatic heterocycles. The summed E-state index contributed by atoms with van der Waals surface area (Å²) >= 11 is 0. The maximum atomic E-state index is 12.2. The molecule has 2 fully saturated rings. The number of hydrogen-bond acceptors (Lipinski definition) is 3. The summed E-state index contributed by atoms with van der Waals surface area (Å²) in [5.74, 6) is 0.463. The Morgan fingerprint density at radius 3 is 2.67 bits per heavy atom. The average molecular weight is 292 g/mol. The molecule has 6 nitrogen and oxygen atoms in total. The molecule has 0 spiro atoms. The highest BCUT2D eigenvalue weighted by Gasteiger charge is 2.34. The molecule has 0 aromatic carbocycles. The molecule has 1 aromatic rings. The van der Waals surface area contributed by atoms with E-state index in [9.17, 15) is 9.59 Å². The Morgan fingerprint density at radius 1 is 1.38 bits per heavy atom. The van der Waals surface area contributed by atoms with Gasteiger partial charge in [-0.15, -0.1) is 0 Å². The molecule has 1 saturated carbocycles. The van der Waals surface area contributed by atoms with Crippen molar-refractivity contribution in [3.63, 3.8) is 0 Å². The second-order valence-corrected chi connectivity index (χ2v) is 5.93. The number of amides is 2. The maximum absolute atomic E-state index is 12.2. The number of carbonyl (C=O) groups excluding carboxylic acids is 2. The Labute approximate surface area is 124 Å². The van der Waals surface area contributed by atoms with Crippen molar-refractivity contribution >= 4 is 11.8 Å². The minimum atomic E-state index is -0.0610. The number of rotatable bonds is 4. The van der Waals surface area contributed by atoms with Gasteiger partial charge in [-0.1, -0.05) is 0 Å². The number of hydrogen-bond donors (Lipinski definition) is 2. The van der Waals surface area contributed by atoms with Gasteiger partial charge in [0.1, 0.15) is 0 Å². The van der Waals surface area contributed by atoms with Crippen molar-refractivity contribution < 1.29 is 18.9 Å². The summed E-state index contributed by atoms with van der Waals surface area (Å²) in [6, 6.07) is 3.76. The number of furan rings is 1. The van der Waals surface area contributed by atoms with Gasteiger partial charge in [-0.05, 0) is 31.9 Å². The van der Waals surface area contributed by atoms with Gasteiger partial charge >= 0.3 is 0 Å². The van der Waals surface area contributed by atoms with Gasteiger partial charge in [-0.3, -0.25) is 9.59 Å². The van der Waals surface area contributed by atoms with Crippen molar-refractivity contribution in [3.8, 4) is 0 Å². The molecule has 3 rings (SSSR count). The van der Waals surface area contributed by atoms with E-state index in [0.29, 0.717) is 24.9 Å². The van der Waals surface area contributed by atoms with Gasteiger partial charge in [-0.25, -0.2) is 0 Å². The fraction of sp³-hybridized carbons (Fsp3) is 0.600. The predicted molar refractivity (Wildman–Crippen MR) is 75.9 cm³/mol. The van der Waals surface area contributed by atoms with Gasteiger partial charge in [0.25, 0.3) is 11.8 Å². The van der Waals surface area contributed by atoms with Gasteiger partial charge in [0, 0.05) is 6.04 Å². The molecule has 1 saturated heterocycles. The van der Waals surface area contributed by atoms with E-state index in [2.05, 4.69) is 5.32 Å². The molecule has 2 aliphatic rings. The minimum Gasteiger partial charge on any atom is -0.459 e. The first kappa shape index (κ1) is 14.1. The van der Waals surface area contributed by atoms with Crippen LogP contribution in [0.5, 0.6) is 0 Å². The van der Waals surface area contributed by atoms with Crippen LogP contribution in [0.4, 0.5) is 0 Å². The van der Waals surface area contributed by atoms with E-state index < -0.39 is 0 Å². The van der Waals surface area contributed by atoms with Crippen LogP contribution in [0.15, 0.2) is 22.8 Å². The van der Waals surface area contributed by atoms with E-state index in [1.807, 2.05) is 6.92 Å². The number of piperazine rings is 1. The molecule has 2 N–H and O–H groups in total. The molecule has 0 unspecified atom stereocenters. The van der Waals surface area contributed by atoms with E-state index in [1.165, 1.54) is 11.2 Å². The number of quaternary nitrogens is 1. The first-order valence-electron chi connectivity index (χ1n) is 7.63. The molecular weight excluding hydrogens is 270 g/mol. The van der Waals surface area contributed by atoms with Crippen LogP contribution < -0.4 is 10.2 Å². The Hall–Kier alpha value is -1.82. The van der Waals surface area contributed by atoms with Crippen molar-refractivity contribution in [1.82, 2.24) is 10.2 Å². The summed E-state index contributed by atoms with van der Waals surface area (Å²) in [6.07, 6.45) is 3.73. The van der Waals surface area contributed by atoms with Crippen molar-refractivity contribution in [2.24, 2.45) is 0 Å². The van der Waals surface area contributed by atoms with Crippen molar-refractivity contribution in [2.45, 2.75) is 31.8 Å². The molecule has 2 heterocycles. The number of nitrogens with one attached hydrogen (secondary N) is 2. The lowest BCUT2D eigenvalue weighted by molar-refractivity contribution is -0.917. The molecule has 1 aliphatic carbocycles. The first-order valence-corrected chi connectivity index (χ1v) is 7.63. The molecule has 2 amide bonds. The van der Waals surface area contributed by atoms with E-state index in [0.717, 1.165) is 25.9 Å². The van der Waals surface area contributed by atoms with Crippen LogP contribution in [0.25, 0.3) is 0 Å². The molecule has 114 valence electrons. The Balaban J connectivity index is 1.50. The van der Waals surface area contributed by atoms with Crippen LogP contribution in [0.3, 0.4) is 0 Å². The highest BCUT2D eigenvalue weighted by molar-refractivity contribution is 5.91. The summed E-state index contributed by atoms with van der Waals surface area (Å²) in [4.78, 5) is 27.3. The van der Waals surface area contributed by atoms with Crippen LogP contribution in [0.2, 0.25) is 0 Å². The largest absolute Gasteiger partial charge is 0.459 e. The Kier molecular flexibility index (Phi) is 3.96. The van der Waals surface area contributed by atoms with Gasteiger partial charge in [0.2, 0.25) is 0 Å². The summed E-state index contributed by atoms with van der Waals surface area (Å²) in [5.41, 5.74) is 0. The van der Waals surface area contributed by atoms with Crippen molar-refractivity contribution in [1.29, 1.82) is 0 Å². The predicted octanol–water partition coefficient (Wildman–Crippen LogP) is -0.713. The molecule has 1 aliphatic heterocycles. The monoisotopic (exact) mass is 292 g/mol. The first-order chi connectivity index (χ1) is 10.1. The molecule has 0 bridgehead atoms. The van der Waals surface area contributed by atoms with E-state index in [-0.39, 0.29) is 17.9 Å². The fourth-order valence-electron chi connectivity index (χ4n) is 2.73. The SMILES string of the molecule is C[C@H](C(=O)NC1CC1)[NH+]1CCN(C(=O)c2ccco2)CC1. The minimum absolute atomic E-state index is 0.0496. The Morgan fingerprint density at radius 2 is 2.10 bits per heavy atom. The second-order valence-electron chi connectivity index (χ2n) is 5.93. The van der Waals surface area contributed by atoms with Crippen LogP contribution in [0, 0.1) is 0 Å². The van der Waals surface area contributed by atoms with Crippen LogP contribution in [-0.4, -0.2) is 55.0 Å². The summed E-state index contributed by atoms with van der Waals surface area (Å²) in [5, 5.41) is 3.05. The quantitative estimate of drug-likeness (QED) is 0.770. The third-order valence-electron chi connectivity index (χ3n) is 4.35. The standard InChI is InChI=1S/C15H21N3O3/c1-11(14(19)16-12-4-5-12)17-6-8-18(9-7-17)15(20)13-3-2-10-21-13/h2-3,10-12H,4-9H2,1H3,(H,16,19)/p+1/t11-/m1/s1. The van der Waals surface area contributed by atoms with Crippen LogP contribution in [0.1, 0.15) is 30.3 Å². The average Bonchev–Trinajstić information content (AvgIpc) is 3.15. The summed E-state index contributed by atoms with van der Waals surface area (Å²) in [7, 11) is 0. The van der Waals surface area contributed by atoms with Gasteiger partial charge in [0.05, 0.1) is 32.4 Å². The summed E-state index contributed by atoms with van der Waals surface area (Å²) in [6.45, 7) is 4.89. The highest BCUT2D eigenvalue weighted by atomic mass is 16.3. The van der Waals surface area contributed by atoms with Crippen molar-refractivity contribution in [2.75, 3.05) is 26.2 Å². The third kappa shape index (κ3) is 3.26. The zero-order valence-corrected chi connectivity index (χ0v) is 12.3. The Bertz CT molecular complexity index is 502. The van der Waals surface area contributed by atoms with Gasteiger partial charge < -0.3 is 19.5 Å². The van der Waals surface area contributed by atoms with E-state index >= 15 is 0 Å². The fourth-order valence-corrected chi connectivity index (χ4v) is 2.73. The topological polar surface area (TPSA) is 67.0 Å². The molecular formula is C15H22N3O3+. The smallest absolute Gasteiger partial charge is 0.289 e. The molecule has 1 atom stereocenters. The lowest BCUT2D eigenvalue weighted by atomic mass is 10.2. The zero-order chi connectivity index (χ0) is 14.8. The lowest BCUT2D eigenvalue weighted by Gasteiger charge is -2.34. The molecule has 0 radical (unpaired) electrons. The van der Waals surface area contributed by atoms with E-state index in [4.69, 9.17) is 4.42 Å². The lowest BCUT2D eigenvalue weighted by Crippen LogP contribution is -3.19. The molecule has 21 heavy (non-hydrogen) atoms. The summed E-state index contributed by atoms with van der Waals surface area (Å²) < 4.78 is 5.15. The zero-order valence-electron chi connectivity index (χ0n) is 12.3. The van der Waals surface area contributed by atoms with Crippen LogP contribution >= 0.6 is 0 Å². The molecule has 6 heteroatoms. The normalized spacial score (nSPS) is 21.1. The maximum Gasteiger partial charge on any atom is 0.289 e. The number of nitrogens with zero attached hydrogens (tertiary/aromatic N) is 1. The van der Waals surface area contributed by atoms with Gasteiger partial charge in [-0.2, -0.15) is 0 Å². The van der Waals surface area contributed by atoms with Gasteiger partial charge in [0.15, 0.2) is 11.8 Å². The van der Waals surface area contributed by atoms with Crippen LogP contribution in [-0.2, 0) is 4.79 Å². The van der Waals surface area contributed by atoms with E-state index in [1.54, 1.807) is 17.0 Å². The third-order valence-corrected chi connectivity index (χ3v) is 4.35. The van der Waals surface area contributed by atoms with Crippen molar-refractivity contribution in [3.05, 3.63) is 24.2 Å². The number of carbonyl (C=O) groups is 2. The highest BCUT2D eigenvalue weighted by Crippen LogP contribution is 2.18.